The topological polar surface area (TPSA) is 59.1 Å². The summed E-state index contributed by atoms with van der Waals surface area (Å²) in [7, 11) is 0. The fraction of sp³-hybridized carbons (Fsp3) is 0.190. The lowest BCUT2D eigenvalue weighted by atomic mass is 10.1. The van der Waals surface area contributed by atoms with Crippen molar-refractivity contribution >= 4 is 51.5 Å². The van der Waals surface area contributed by atoms with Crippen molar-refractivity contribution in [2.45, 2.75) is 24.7 Å². The van der Waals surface area contributed by atoms with Crippen molar-refractivity contribution in [1.29, 1.82) is 0 Å². The van der Waals surface area contributed by atoms with Crippen molar-refractivity contribution in [2.75, 3.05) is 11.1 Å². The number of halogens is 1. The van der Waals surface area contributed by atoms with Crippen LogP contribution in [0.4, 0.5) is 5.13 Å². The molecule has 1 N–H and O–H groups in total. The molecule has 0 unspecified atom stereocenters. The minimum atomic E-state index is -0.0971. The zero-order valence-electron chi connectivity index (χ0n) is 15.3. The molecule has 4 nitrogen and oxygen atoms in total. The fourth-order valence-corrected chi connectivity index (χ4v) is 4.42. The Kier molecular flexibility index (Phi) is 7.25. The van der Waals surface area contributed by atoms with Crippen LogP contribution in [-0.2, 0) is 4.79 Å². The average molecular weight is 431 g/mol. The third-order valence-corrected chi connectivity index (χ3v) is 6.29. The van der Waals surface area contributed by atoms with Crippen LogP contribution in [0.1, 0.15) is 29.4 Å². The molecule has 0 atom stereocenters. The van der Waals surface area contributed by atoms with E-state index in [1.165, 1.54) is 18.3 Å². The number of nitrogens with zero attached hydrogens (tertiary/aromatic N) is 1. The Balaban J connectivity index is 1.55. The van der Waals surface area contributed by atoms with E-state index < -0.39 is 0 Å². The summed E-state index contributed by atoms with van der Waals surface area (Å²) in [4.78, 5) is 30.3. The molecule has 3 rings (SSSR count). The second-order valence-corrected chi connectivity index (χ2v) is 8.68. The number of carbonyl (C=O) groups is 2. The Morgan fingerprint density at radius 3 is 2.50 bits per heavy atom. The number of benzene rings is 2. The van der Waals surface area contributed by atoms with Crippen molar-refractivity contribution in [2.24, 2.45) is 0 Å². The lowest BCUT2D eigenvalue weighted by Gasteiger charge is -2.03. The van der Waals surface area contributed by atoms with Crippen molar-refractivity contribution in [1.82, 2.24) is 4.98 Å². The summed E-state index contributed by atoms with van der Waals surface area (Å²) in [5.41, 5.74) is 1.48. The number of amides is 1. The van der Waals surface area contributed by atoms with Crippen molar-refractivity contribution in [3.63, 3.8) is 0 Å². The molecule has 2 aromatic carbocycles. The lowest BCUT2D eigenvalue weighted by Crippen LogP contribution is -2.11. The molecule has 0 radical (unpaired) electrons. The SMILES string of the molecule is CC(=O)c1sc(NC(=O)CCCSc2ccc(Cl)cc2)nc1-c1ccccc1. The quantitative estimate of drug-likeness (QED) is 0.263. The van der Waals surface area contributed by atoms with Crippen LogP contribution >= 0.6 is 34.7 Å². The van der Waals surface area contributed by atoms with Gasteiger partial charge >= 0.3 is 0 Å². The van der Waals surface area contributed by atoms with E-state index in [-0.39, 0.29) is 11.7 Å². The number of carbonyl (C=O) groups excluding carboxylic acids is 2. The normalized spacial score (nSPS) is 10.6. The molecule has 1 aromatic heterocycles. The highest BCUT2D eigenvalue weighted by Crippen LogP contribution is 2.31. The summed E-state index contributed by atoms with van der Waals surface area (Å²) < 4.78 is 0. The number of hydrogen-bond donors (Lipinski definition) is 1. The van der Waals surface area contributed by atoms with E-state index in [1.807, 2.05) is 54.6 Å². The molecular weight excluding hydrogens is 412 g/mol. The molecule has 0 fully saturated rings. The van der Waals surface area contributed by atoms with Gasteiger partial charge in [-0.05, 0) is 36.4 Å². The second kappa shape index (κ2) is 9.87. The minimum absolute atomic E-state index is 0.0591. The molecule has 1 amide bonds. The van der Waals surface area contributed by atoms with Gasteiger partial charge in [-0.2, -0.15) is 0 Å². The van der Waals surface area contributed by atoms with Crippen molar-refractivity contribution < 1.29 is 9.59 Å². The maximum Gasteiger partial charge on any atom is 0.226 e. The number of anilines is 1. The van der Waals surface area contributed by atoms with Gasteiger partial charge in [0.2, 0.25) is 5.91 Å². The molecule has 0 saturated heterocycles. The summed E-state index contributed by atoms with van der Waals surface area (Å²) in [5.74, 6) is 0.678. The van der Waals surface area contributed by atoms with Gasteiger partial charge in [-0.1, -0.05) is 53.3 Å². The fourth-order valence-electron chi connectivity index (χ4n) is 2.54. The summed E-state index contributed by atoms with van der Waals surface area (Å²) in [6.07, 6.45) is 1.14. The van der Waals surface area contributed by atoms with Crippen LogP contribution in [0, 0.1) is 0 Å². The smallest absolute Gasteiger partial charge is 0.226 e. The van der Waals surface area contributed by atoms with Crippen LogP contribution < -0.4 is 5.32 Å². The molecule has 1 heterocycles. The van der Waals surface area contributed by atoms with Crippen LogP contribution in [0.3, 0.4) is 0 Å². The van der Waals surface area contributed by atoms with Gasteiger partial charge in [0.1, 0.15) is 0 Å². The first-order chi connectivity index (χ1) is 13.5. The van der Waals surface area contributed by atoms with Gasteiger partial charge < -0.3 is 5.32 Å². The van der Waals surface area contributed by atoms with E-state index in [1.54, 1.807) is 11.8 Å². The summed E-state index contributed by atoms with van der Waals surface area (Å²) >= 11 is 8.78. The highest BCUT2D eigenvalue weighted by Gasteiger charge is 2.17. The molecule has 7 heteroatoms. The zero-order valence-corrected chi connectivity index (χ0v) is 17.7. The molecule has 0 saturated carbocycles. The first kappa shape index (κ1) is 20.6. The van der Waals surface area contributed by atoms with E-state index in [9.17, 15) is 9.59 Å². The van der Waals surface area contributed by atoms with Crippen LogP contribution in [0.2, 0.25) is 5.02 Å². The van der Waals surface area contributed by atoms with Crippen LogP contribution in [-0.4, -0.2) is 22.4 Å². The van der Waals surface area contributed by atoms with Gasteiger partial charge in [0, 0.05) is 28.8 Å². The Morgan fingerprint density at radius 1 is 1.11 bits per heavy atom. The van der Waals surface area contributed by atoms with Gasteiger partial charge in [0.05, 0.1) is 10.6 Å². The number of Topliss-reactive ketones (excluding diaryl/α,β-unsaturated/α-hetero) is 1. The third kappa shape index (κ3) is 5.67. The second-order valence-electron chi connectivity index (χ2n) is 6.07. The lowest BCUT2D eigenvalue weighted by molar-refractivity contribution is -0.116. The number of hydrogen-bond acceptors (Lipinski definition) is 5. The number of aromatic nitrogens is 1. The highest BCUT2D eigenvalue weighted by molar-refractivity contribution is 7.99. The molecule has 0 aliphatic rings. The number of ketones is 1. The minimum Gasteiger partial charge on any atom is -0.302 e. The standard InChI is InChI=1S/C21H19ClN2O2S2/c1-14(25)20-19(15-6-3-2-4-7-15)24-21(28-20)23-18(26)8-5-13-27-17-11-9-16(22)10-12-17/h2-4,6-7,9-12H,5,8,13H2,1H3,(H,23,24,26). The maximum absolute atomic E-state index is 12.2. The first-order valence-electron chi connectivity index (χ1n) is 8.78. The first-order valence-corrected chi connectivity index (χ1v) is 11.0. The van der Waals surface area contributed by atoms with Gasteiger partial charge in [-0.25, -0.2) is 4.98 Å². The molecule has 28 heavy (non-hydrogen) atoms. The van der Waals surface area contributed by atoms with Gasteiger partial charge in [-0.3, -0.25) is 9.59 Å². The third-order valence-electron chi connectivity index (χ3n) is 3.87. The molecule has 0 aliphatic heterocycles. The van der Waals surface area contributed by atoms with E-state index in [4.69, 9.17) is 11.6 Å². The molecule has 144 valence electrons. The maximum atomic E-state index is 12.2. The van der Waals surface area contributed by atoms with Gasteiger partial charge in [0.25, 0.3) is 0 Å². The summed E-state index contributed by atoms with van der Waals surface area (Å²) in [5, 5.41) is 4.00. The van der Waals surface area contributed by atoms with Crippen LogP contribution in [0.25, 0.3) is 11.3 Å². The van der Waals surface area contributed by atoms with Gasteiger partial charge in [0.15, 0.2) is 10.9 Å². The zero-order chi connectivity index (χ0) is 19.9. The van der Waals surface area contributed by atoms with Crippen molar-refractivity contribution in [3.8, 4) is 11.3 Å². The molecule has 0 bridgehead atoms. The Morgan fingerprint density at radius 2 is 1.82 bits per heavy atom. The number of thiazole rings is 1. The van der Waals surface area contributed by atoms with Crippen LogP contribution in [0.5, 0.6) is 0 Å². The number of nitrogens with one attached hydrogen (secondary N) is 1. The number of rotatable bonds is 8. The number of thioether (sulfide) groups is 1. The summed E-state index contributed by atoms with van der Waals surface area (Å²) in [6.45, 7) is 1.51. The van der Waals surface area contributed by atoms with E-state index in [2.05, 4.69) is 10.3 Å². The molecule has 3 aromatic rings. The van der Waals surface area contributed by atoms with Crippen molar-refractivity contribution in [3.05, 3.63) is 64.5 Å². The Labute approximate surface area is 177 Å². The van der Waals surface area contributed by atoms with Crippen LogP contribution in [0.15, 0.2) is 59.5 Å². The predicted octanol–water partition coefficient (Wildman–Crippen LogP) is 6.18. The Hall–Kier alpha value is -2.15. The van der Waals surface area contributed by atoms with E-state index >= 15 is 0 Å². The van der Waals surface area contributed by atoms with E-state index in [0.717, 1.165) is 22.6 Å². The highest BCUT2D eigenvalue weighted by atomic mass is 35.5. The predicted molar refractivity (Wildman–Crippen MR) is 118 cm³/mol. The molecular formula is C21H19ClN2O2S2. The molecule has 0 aliphatic carbocycles. The largest absolute Gasteiger partial charge is 0.302 e. The van der Waals surface area contributed by atoms with Gasteiger partial charge in [-0.15, -0.1) is 11.8 Å². The summed E-state index contributed by atoms with van der Waals surface area (Å²) in [6, 6.07) is 17.2. The average Bonchev–Trinajstić information content (AvgIpc) is 3.11. The van der Waals surface area contributed by atoms with E-state index in [0.29, 0.717) is 27.1 Å². The Bertz CT molecular complexity index is 956. The monoisotopic (exact) mass is 430 g/mol. The molecule has 0 spiro atoms.